The van der Waals surface area contributed by atoms with Crippen LogP contribution in [0.25, 0.3) is 0 Å². The van der Waals surface area contributed by atoms with Crippen LogP contribution in [0.3, 0.4) is 0 Å². The lowest BCUT2D eigenvalue weighted by Gasteiger charge is -2.39. The van der Waals surface area contributed by atoms with Crippen LogP contribution in [0.4, 0.5) is 0 Å². The second-order valence-corrected chi connectivity index (χ2v) is 5.00. The highest BCUT2D eigenvalue weighted by Gasteiger charge is 2.29. The van der Waals surface area contributed by atoms with Gasteiger partial charge in [0, 0.05) is 18.6 Å². The van der Waals surface area contributed by atoms with Gasteiger partial charge in [0.25, 0.3) is 0 Å². The molecule has 0 saturated heterocycles. The fourth-order valence-electron chi connectivity index (χ4n) is 1.72. The maximum atomic E-state index is 11.5. The van der Waals surface area contributed by atoms with E-state index in [1.165, 1.54) is 0 Å². The molecule has 16 heavy (non-hydrogen) atoms. The first-order chi connectivity index (χ1) is 6.99. The van der Waals surface area contributed by atoms with Gasteiger partial charge in [0.15, 0.2) is 0 Å². The van der Waals surface area contributed by atoms with E-state index in [4.69, 9.17) is 5.73 Å². The molecule has 5 heteroatoms. The zero-order valence-corrected chi connectivity index (χ0v) is 11.2. The van der Waals surface area contributed by atoms with Crippen molar-refractivity contribution in [3.63, 3.8) is 0 Å². The van der Waals surface area contributed by atoms with E-state index in [0.29, 0.717) is 24.5 Å². The van der Waals surface area contributed by atoms with Gasteiger partial charge in [0.05, 0.1) is 6.54 Å². The van der Waals surface area contributed by atoms with Crippen LogP contribution in [0.2, 0.25) is 0 Å². The first-order valence-corrected chi connectivity index (χ1v) is 5.71. The number of nitrogens with two attached hydrogens (primary N) is 1. The highest BCUT2D eigenvalue weighted by Crippen LogP contribution is 2.22. The van der Waals surface area contributed by atoms with Gasteiger partial charge in [-0.3, -0.25) is 9.69 Å². The molecule has 0 aromatic rings. The second kappa shape index (κ2) is 7.09. The number of hydrogen-bond donors (Lipinski definition) is 2. The summed E-state index contributed by atoms with van der Waals surface area (Å²) in [6.45, 7) is 5.44. The van der Waals surface area contributed by atoms with E-state index in [-0.39, 0.29) is 18.3 Å². The van der Waals surface area contributed by atoms with E-state index >= 15 is 0 Å². The fourth-order valence-corrected chi connectivity index (χ4v) is 1.72. The molecule has 1 rings (SSSR count). The summed E-state index contributed by atoms with van der Waals surface area (Å²) in [6.07, 6.45) is 2.04. The van der Waals surface area contributed by atoms with Crippen LogP contribution in [0, 0.1) is 5.92 Å². The molecule has 0 spiro atoms. The van der Waals surface area contributed by atoms with Crippen molar-refractivity contribution in [3.8, 4) is 0 Å². The monoisotopic (exact) mass is 249 g/mol. The number of nitrogens with zero attached hydrogens (tertiary/aromatic N) is 1. The highest BCUT2D eigenvalue weighted by atomic mass is 35.5. The minimum atomic E-state index is 0. The van der Waals surface area contributed by atoms with Gasteiger partial charge in [-0.05, 0) is 25.8 Å². The zero-order valence-electron chi connectivity index (χ0n) is 10.4. The Hall–Kier alpha value is -0.320. The second-order valence-electron chi connectivity index (χ2n) is 5.00. The SMILES string of the molecule is CC(C)CNC(=O)CN(C)C1CC(N)C1.Cl. The van der Waals surface area contributed by atoms with Crippen molar-refractivity contribution in [1.29, 1.82) is 0 Å². The summed E-state index contributed by atoms with van der Waals surface area (Å²) >= 11 is 0. The van der Waals surface area contributed by atoms with Crippen molar-refractivity contribution in [3.05, 3.63) is 0 Å². The predicted molar refractivity (Wildman–Crippen MR) is 68.7 cm³/mol. The summed E-state index contributed by atoms with van der Waals surface area (Å²) in [5, 5.41) is 2.92. The Morgan fingerprint density at radius 1 is 1.50 bits per heavy atom. The topological polar surface area (TPSA) is 58.4 Å². The maximum absolute atomic E-state index is 11.5. The Bertz CT molecular complexity index is 217. The number of likely N-dealkylation sites (N-methyl/N-ethyl adjacent to an activating group) is 1. The molecule has 0 radical (unpaired) electrons. The normalized spacial score (nSPS) is 23.9. The van der Waals surface area contributed by atoms with Gasteiger partial charge in [0.1, 0.15) is 0 Å². The van der Waals surface area contributed by atoms with Crippen molar-refractivity contribution in [1.82, 2.24) is 10.2 Å². The van der Waals surface area contributed by atoms with Gasteiger partial charge in [-0.2, -0.15) is 0 Å². The third kappa shape index (κ3) is 5.14. The molecule has 1 amide bonds. The molecule has 1 aliphatic carbocycles. The molecule has 0 aromatic carbocycles. The molecule has 96 valence electrons. The van der Waals surface area contributed by atoms with E-state index in [9.17, 15) is 4.79 Å². The summed E-state index contributed by atoms with van der Waals surface area (Å²) < 4.78 is 0. The molecule has 1 aliphatic rings. The summed E-state index contributed by atoms with van der Waals surface area (Å²) in [6, 6.07) is 0.848. The van der Waals surface area contributed by atoms with Crippen molar-refractivity contribution < 1.29 is 4.79 Å². The van der Waals surface area contributed by atoms with Gasteiger partial charge >= 0.3 is 0 Å². The quantitative estimate of drug-likeness (QED) is 0.750. The maximum Gasteiger partial charge on any atom is 0.234 e. The van der Waals surface area contributed by atoms with E-state index in [2.05, 4.69) is 24.1 Å². The standard InChI is InChI=1S/C11H23N3O.ClH/c1-8(2)6-13-11(15)7-14(3)10-4-9(12)5-10;/h8-10H,4-7,12H2,1-3H3,(H,13,15);1H. The third-order valence-electron chi connectivity index (χ3n) is 2.87. The van der Waals surface area contributed by atoms with Gasteiger partial charge in [-0.1, -0.05) is 13.8 Å². The Morgan fingerprint density at radius 2 is 2.06 bits per heavy atom. The number of hydrogen-bond acceptors (Lipinski definition) is 3. The minimum absolute atomic E-state index is 0. The fraction of sp³-hybridized carbons (Fsp3) is 0.909. The zero-order chi connectivity index (χ0) is 11.4. The van der Waals surface area contributed by atoms with Crippen LogP contribution in [0.15, 0.2) is 0 Å². The highest BCUT2D eigenvalue weighted by molar-refractivity contribution is 5.85. The van der Waals surface area contributed by atoms with E-state index in [0.717, 1.165) is 19.4 Å². The van der Waals surface area contributed by atoms with Crippen LogP contribution in [0.5, 0.6) is 0 Å². The molecule has 4 nitrogen and oxygen atoms in total. The number of carbonyl (C=O) groups excluding carboxylic acids is 1. The van der Waals surface area contributed by atoms with Crippen LogP contribution in [0.1, 0.15) is 26.7 Å². The first-order valence-electron chi connectivity index (χ1n) is 5.71. The molecule has 1 saturated carbocycles. The number of halogens is 1. The van der Waals surface area contributed by atoms with E-state index < -0.39 is 0 Å². The van der Waals surface area contributed by atoms with Gasteiger partial charge in [0.2, 0.25) is 5.91 Å². The van der Waals surface area contributed by atoms with Crippen molar-refractivity contribution in [2.45, 2.75) is 38.8 Å². The van der Waals surface area contributed by atoms with Crippen molar-refractivity contribution in [2.75, 3.05) is 20.1 Å². The van der Waals surface area contributed by atoms with Crippen LogP contribution < -0.4 is 11.1 Å². The summed E-state index contributed by atoms with van der Waals surface area (Å²) in [7, 11) is 1.99. The molecule has 1 fully saturated rings. The summed E-state index contributed by atoms with van der Waals surface area (Å²) in [5.41, 5.74) is 5.71. The summed E-state index contributed by atoms with van der Waals surface area (Å²) in [4.78, 5) is 13.6. The average Bonchev–Trinajstić information content (AvgIpc) is 2.09. The third-order valence-corrected chi connectivity index (χ3v) is 2.87. The molecular formula is C11H24ClN3O. The number of carbonyl (C=O) groups is 1. The molecule has 0 unspecified atom stereocenters. The van der Waals surface area contributed by atoms with Crippen LogP contribution in [-0.4, -0.2) is 43.0 Å². The largest absolute Gasteiger partial charge is 0.355 e. The van der Waals surface area contributed by atoms with Gasteiger partial charge in [-0.25, -0.2) is 0 Å². The Morgan fingerprint density at radius 3 is 2.50 bits per heavy atom. The lowest BCUT2D eigenvalue weighted by Crippen LogP contribution is -2.51. The smallest absolute Gasteiger partial charge is 0.234 e. The lowest BCUT2D eigenvalue weighted by atomic mass is 9.86. The van der Waals surface area contributed by atoms with Crippen molar-refractivity contribution >= 4 is 18.3 Å². The van der Waals surface area contributed by atoms with E-state index in [1.54, 1.807) is 0 Å². The molecular weight excluding hydrogens is 226 g/mol. The van der Waals surface area contributed by atoms with E-state index in [1.807, 2.05) is 7.05 Å². The van der Waals surface area contributed by atoms with Crippen LogP contribution >= 0.6 is 12.4 Å². The molecule has 0 bridgehead atoms. The number of amides is 1. The lowest BCUT2D eigenvalue weighted by molar-refractivity contribution is -0.123. The van der Waals surface area contributed by atoms with Gasteiger partial charge in [-0.15, -0.1) is 12.4 Å². The molecule has 0 heterocycles. The predicted octanol–water partition coefficient (Wildman–Crippen LogP) is 0.602. The Labute approximate surface area is 104 Å². The Kier molecular flexibility index (Phi) is 6.95. The molecule has 0 aliphatic heterocycles. The van der Waals surface area contributed by atoms with Crippen LogP contribution in [-0.2, 0) is 4.79 Å². The average molecular weight is 250 g/mol. The van der Waals surface area contributed by atoms with Crippen molar-refractivity contribution in [2.24, 2.45) is 11.7 Å². The van der Waals surface area contributed by atoms with Gasteiger partial charge < -0.3 is 11.1 Å². The summed E-state index contributed by atoms with van der Waals surface area (Å²) in [5.74, 6) is 0.628. The number of rotatable bonds is 5. The molecule has 0 aromatic heterocycles. The first kappa shape index (κ1) is 15.7. The molecule has 0 atom stereocenters. The molecule has 3 N–H and O–H groups in total. The Balaban J connectivity index is 0.00000225. The number of nitrogens with one attached hydrogen (secondary N) is 1. The minimum Gasteiger partial charge on any atom is -0.355 e.